The zero-order valence-electron chi connectivity index (χ0n) is 16.1. The first-order valence-corrected chi connectivity index (χ1v) is 11.2. The number of anilines is 1. The van der Waals surface area contributed by atoms with Crippen LogP contribution in [0.4, 0.5) is 5.69 Å². The number of rotatable bonds is 8. The second-order valence-electron chi connectivity index (χ2n) is 6.70. The number of amides is 1. The minimum Gasteiger partial charge on any atom is -0.507 e. The highest BCUT2D eigenvalue weighted by molar-refractivity contribution is 7.89. The fourth-order valence-electron chi connectivity index (χ4n) is 2.51. The number of carbonyl (C=O) groups is 2. The van der Waals surface area contributed by atoms with Gasteiger partial charge in [-0.1, -0.05) is 23.2 Å². The van der Waals surface area contributed by atoms with E-state index in [4.69, 9.17) is 27.9 Å². The molecule has 0 aromatic heterocycles. The van der Waals surface area contributed by atoms with E-state index in [1.807, 2.05) is 0 Å². The number of aromatic hydroxyl groups is 1. The Hall–Kier alpha value is -2.53. The Balaban J connectivity index is 1.80. The van der Waals surface area contributed by atoms with E-state index in [-0.39, 0.29) is 38.2 Å². The second-order valence-corrected chi connectivity index (χ2v) is 9.19. The average Bonchev–Trinajstić information content (AvgIpc) is 3.48. The predicted molar refractivity (Wildman–Crippen MR) is 113 cm³/mol. The molecule has 0 heterocycles. The van der Waals surface area contributed by atoms with Gasteiger partial charge in [0, 0.05) is 17.8 Å². The molecule has 3 rings (SSSR count). The maximum atomic E-state index is 12.4. The number of ether oxygens (including phenoxy) is 2. The van der Waals surface area contributed by atoms with Crippen LogP contribution in [0, 0.1) is 0 Å². The highest BCUT2D eigenvalue weighted by atomic mass is 35.5. The van der Waals surface area contributed by atoms with Crippen molar-refractivity contribution in [1.29, 1.82) is 0 Å². The normalized spacial score (nSPS) is 13.5. The number of esters is 1. The van der Waals surface area contributed by atoms with E-state index in [2.05, 4.69) is 14.8 Å². The molecule has 1 aliphatic rings. The summed E-state index contributed by atoms with van der Waals surface area (Å²) in [5.74, 6) is -1.67. The third-order valence-corrected chi connectivity index (χ3v) is 6.27. The molecular formula is C19H18Cl2N2O7S. The number of benzene rings is 2. The molecule has 9 nitrogen and oxygen atoms in total. The van der Waals surface area contributed by atoms with Crippen LogP contribution >= 0.6 is 23.2 Å². The summed E-state index contributed by atoms with van der Waals surface area (Å²) < 4.78 is 37.4. The number of sulfonamides is 1. The molecular weight excluding hydrogens is 471 g/mol. The van der Waals surface area contributed by atoms with Crippen LogP contribution in [0.15, 0.2) is 35.2 Å². The second kappa shape index (κ2) is 9.31. The molecule has 0 aliphatic heterocycles. The average molecular weight is 489 g/mol. The highest BCUT2D eigenvalue weighted by Crippen LogP contribution is 2.40. The standard InChI is InChI=1S/C19H18Cl2N2O7S/c1-29-18(26)9-17(25)22-11-6-13(20)19(14(21)7-11)30-12-4-5-15(24)16(8-12)31(27,28)23-10-2-3-10/h4-8,10,23-24H,2-3,9H2,1H3,(H,22,25). The van der Waals surface area contributed by atoms with Crippen molar-refractivity contribution in [2.45, 2.75) is 30.2 Å². The van der Waals surface area contributed by atoms with Crippen molar-refractivity contribution >= 4 is 50.8 Å². The fraction of sp³-hybridized carbons (Fsp3) is 0.263. The van der Waals surface area contributed by atoms with Crippen LogP contribution < -0.4 is 14.8 Å². The summed E-state index contributed by atoms with van der Waals surface area (Å²) in [7, 11) is -2.76. The van der Waals surface area contributed by atoms with Crippen LogP contribution in [0.3, 0.4) is 0 Å². The number of nitrogens with one attached hydrogen (secondary N) is 2. The van der Waals surface area contributed by atoms with Crippen LogP contribution in [0.2, 0.25) is 10.0 Å². The van der Waals surface area contributed by atoms with Gasteiger partial charge in [-0.3, -0.25) is 9.59 Å². The summed E-state index contributed by atoms with van der Waals surface area (Å²) in [6.07, 6.45) is 0.997. The van der Waals surface area contributed by atoms with Gasteiger partial charge in [0.1, 0.15) is 22.8 Å². The van der Waals surface area contributed by atoms with Crippen LogP contribution in [0.25, 0.3) is 0 Å². The predicted octanol–water partition coefficient (Wildman–Crippen LogP) is 3.43. The van der Waals surface area contributed by atoms with Gasteiger partial charge in [0.15, 0.2) is 5.75 Å². The third kappa shape index (κ3) is 6.01. The van der Waals surface area contributed by atoms with Crippen LogP contribution in [0.1, 0.15) is 19.3 Å². The Morgan fingerprint density at radius 3 is 2.39 bits per heavy atom. The molecule has 1 aliphatic carbocycles. The van der Waals surface area contributed by atoms with Gasteiger partial charge < -0.3 is 19.9 Å². The lowest BCUT2D eigenvalue weighted by Crippen LogP contribution is -2.25. The van der Waals surface area contributed by atoms with Crippen molar-refractivity contribution in [3.8, 4) is 17.2 Å². The van der Waals surface area contributed by atoms with Gasteiger partial charge in [-0.05, 0) is 37.1 Å². The lowest BCUT2D eigenvalue weighted by atomic mass is 10.2. The largest absolute Gasteiger partial charge is 0.507 e. The molecule has 0 radical (unpaired) electrons. The molecule has 31 heavy (non-hydrogen) atoms. The van der Waals surface area contributed by atoms with E-state index in [9.17, 15) is 23.1 Å². The summed E-state index contributed by atoms with van der Waals surface area (Å²) in [5, 5.41) is 12.5. The van der Waals surface area contributed by atoms with Crippen LogP contribution in [-0.4, -0.2) is 38.6 Å². The monoisotopic (exact) mass is 488 g/mol. The first-order valence-electron chi connectivity index (χ1n) is 8.98. The quantitative estimate of drug-likeness (QED) is 0.383. The number of hydrogen-bond acceptors (Lipinski definition) is 7. The number of phenols is 1. The Morgan fingerprint density at radius 2 is 1.81 bits per heavy atom. The lowest BCUT2D eigenvalue weighted by molar-refractivity contribution is -0.142. The zero-order valence-corrected chi connectivity index (χ0v) is 18.5. The van der Waals surface area contributed by atoms with E-state index < -0.39 is 34.1 Å². The Morgan fingerprint density at radius 1 is 1.16 bits per heavy atom. The first-order chi connectivity index (χ1) is 14.6. The molecule has 12 heteroatoms. The van der Waals surface area contributed by atoms with E-state index in [1.54, 1.807) is 0 Å². The Kier molecular flexibility index (Phi) is 6.95. The molecule has 0 saturated heterocycles. The van der Waals surface area contributed by atoms with Gasteiger partial charge in [0.2, 0.25) is 15.9 Å². The maximum absolute atomic E-state index is 12.4. The summed E-state index contributed by atoms with van der Waals surface area (Å²) in [5.41, 5.74) is 0.221. The van der Waals surface area contributed by atoms with Gasteiger partial charge >= 0.3 is 5.97 Å². The van der Waals surface area contributed by atoms with Gasteiger partial charge in [-0.25, -0.2) is 13.1 Å². The van der Waals surface area contributed by atoms with Crippen molar-refractivity contribution in [2.24, 2.45) is 0 Å². The van der Waals surface area contributed by atoms with Gasteiger partial charge in [-0.15, -0.1) is 0 Å². The molecule has 0 atom stereocenters. The molecule has 1 saturated carbocycles. The molecule has 2 aromatic rings. The molecule has 166 valence electrons. The van der Waals surface area contributed by atoms with Gasteiger partial charge in [-0.2, -0.15) is 0 Å². The number of phenolic OH excluding ortho intramolecular Hbond substituents is 1. The Labute approximate surface area is 188 Å². The fourth-order valence-corrected chi connectivity index (χ4v) is 4.49. The number of hydrogen-bond donors (Lipinski definition) is 3. The topological polar surface area (TPSA) is 131 Å². The third-order valence-electron chi connectivity index (χ3n) is 4.15. The molecule has 3 N–H and O–H groups in total. The summed E-state index contributed by atoms with van der Waals surface area (Å²) in [6.45, 7) is 0. The molecule has 1 amide bonds. The minimum absolute atomic E-state index is 0.0125. The van der Waals surface area contributed by atoms with E-state index in [1.165, 1.54) is 24.3 Å². The van der Waals surface area contributed by atoms with E-state index >= 15 is 0 Å². The Bertz CT molecular complexity index is 1110. The van der Waals surface area contributed by atoms with Crippen molar-refractivity contribution < 1.29 is 32.6 Å². The van der Waals surface area contributed by atoms with Crippen molar-refractivity contribution in [3.05, 3.63) is 40.4 Å². The first kappa shape index (κ1) is 23.1. The SMILES string of the molecule is COC(=O)CC(=O)Nc1cc(Cl)c(Oc2ccc(O)c(S(=O)(=O)NC3CC3)c2)c(Cl)c1. The molecule has 2 aromatic carbocycles. The summed E-state index contributed by atoms with van der Waals surface area (Å²) in [6, 6.07) is 6.25. The smallest absolute Gasteiger partial charge is 0.315 e. The summed E-state index contributed by atoms with van der Waals surface area (Å²) in [4.78, 5) is 22.6. The van der Waals surface area contributed by atoms with Crippen molar-refractivity contribution in [3.63, 3.8) is 0 Å². The number of carbonyl (C=O) groups excluding carboxylic acids is 2. The zero-order chi connectivity index (χ0) is 22.8. The van der Waals surface area contributed by atoms with Gasteiger partial charge in [0.25, 0.3) is 0 Å². The summed E-state index contributed by atoms with van der Waals surface area (Å²) >= 11 is 12.4. The molecule has 0 bridgehead atoms. The van der Waals surface area contributed by atoms with E-state index in [0.29, 0.717) is 0 Å². The lowest BCUT2D eigenvalue weighted by Gasteiger charge is -2.14. The maximum Gasteiger partial charge on any atom is 0.315 e. The number of methoxy groups -OCH3 is 1. The van der Waals surface area contributed by atoms with E-state index in [0.717, 1.165) is 26.0 Å². The number of halogens is 2. The molecule has 0 spiro atoms. The van der Waals surface area contributed by atoms with Crippen LogP contribution in [0.5, 0.6) is 17.2 Å². The van der Waals surface area contributed by atoms with Crippen molar-refractivity contribution in [1.82, 2.24) is 4.72 Å². The van der Waals surface area contributed by atoms with Crippen molar-refractivity contribution in [2.75, 3.05) is 12.4 Å². The molecule has 0 unspecified atom stereocenters. The molecule has 1 fully saturated rings. The highest BCUT2D eigenvalue weighted by Gasteiger charge is 2.30. The minimum atomic E-state index is -3.93. The van der Waals surface area contributed by atoms with Crippen LogP contribution in [-0.2, 0) is 24.3 Å². The van der Waals surface area contributed by atoms with Gasteiger partial charge in [0.05, 0.1) is 17.2 Å².